The van der Waals surface area contributed by atoms with Crippen molar-refractivity contribution in [2.24, 2.45) is 5.41 Å². The summed E-state index contributed by atoms with van der Waals surface area (Å²) in [5.41, 5.74) is 0.963. The van der Waals surface area contributed by atoms with Gasteiger partial charge in [-0.05, 0) is 61.1 Å². The van der Waals surface area contributed by atoms with Gasteiger partial charge in [0.05, 0.1) is 0 Å². The van der Waals surface area contributed by atoms with E-state index < -0.39 is 24.3 Å². The first-order valence-corrected chi connectivity index (χ1v) is 10.7. The Labute approximate surface area is 181 Å². The summed E-state index contributed by atoms with van der Waals surface area (Å²) in [6, 6.07) is 8.71. The third kappa shape index (κ3) is 3.10. The molecule has 0 N–H and O–H groups in total. The number of Topliss-reactive ketones (excluding diaryl/α,β-unsaturated/α-hetero) is 1. The van der Waals surface area contributed by atoms with E-state index in [2.05, 4.69) is 15.9 Å². The average Bonchev–Trinajstić information content (AvgIpc) is 3.33. The van der Waals surface area contributed by atoms with Crippen LogP contribution in [0.3, 0.4) is 0 Å². The summed E-state index contributed by atoms with van der Waals surface area (Å²) in [4.78, 5) is 27.0. The fourth-order valence-corrected chi connectivity index (χ4v) is 5.12. The van der Waals surface area contributed by atoms with Gasteiger partial charge in [-0.3, -0.25) is 14.5 Å². The quantitative estimate of drug-likeness (QED) is 0.471. The Balaban J connectivity index is 1.32. The zero-order valence-electron chi connectivity index (χ0n) is 16.4. The average molecular weight is 476 g/mol. The first kappa shape index (κ1) is 19.8. The Morgan fingerprint density at radius 2 is 1.80 bits per heavy atom. The van der Waals surface area contributed by atoms with E-state index >= 15 is 0 Å². The van der Waals surface area contributed by atoms with E-state index in [4.69, 9.17) is 4.74 Å². The van der Waals surface area contributed by atoms with Crippen LogP contribution in [-0.2, 0) is 15.5 Å². The van der Waals surface area contributed by atoms with E-state index in [0.717, 1.165) is 25.8 Å². The van der Waals surface area contributed by atoms with Gasteiger partial charge in [-0.15, -0.1) is 0 Å². The number of hydrogen-bond donors (Lipinski definition) is 0. The maximum absolute atomic E-state index is 15.0. The van der Waals surface area contributed by atoms with Crippen LogP contribution >= 0.6 is 15.9 Å². The van der Waals surface area contributed by atoms with Crippen molar-refractivity contribution in [1.29, 1.82) is 0 Å². The van der Waals surface area contributed by atoms with Gasteiger partial charge in [-0.2, -0.15) is 8.78 Å². The van der Waals surface area contributed by atoms with Gasteiger partial charge in [0.25, 0.3) is 5.92 Å². The van der Waals surface area contributed by atoms with Gasteiger partial charge in [-0.1, -0.05) is 34.1 Å². The molecular weight excluding hydrogens is 456 g/mol. The summed E-state index contributed by atoms with van der Waals surface area (Å²) in [6.45, 7) is 0.427. The van der Waals surface area contributed by atoms with Gasteiger partial charge in [0, 0.05) is 27.7 Å². The molecule has 1 heterocycles. The number of fused-ring (bicyclic) bond motifs is 3. The fraction of sp³-hybridized carbons (Fsp3) is 0.391. The summed E-state index contributed by atoms with van der Waals surface area (Å²) in [6.07, 6.45) is 3.01. The lowest BCUT2D eigenvalue weighted by molar-refractivity contribution is -0.147. The predicted molar refractivity (Wildman–Crippen MR) is 111 cm³/mol. The second kappa shape index (κ2) is 6.69. The summed E-state index contributed by atoms with van der Waals surface area (Å²) in [5.74, 6) is -4.09. The van der Waals surface area contributed by atoms with Gasteiger partial charge in [0.2, 0.25) is 0 Å². The molecule has 4 nitrogen and oxygen atoms in total. The molecule has 2 aromatic rings. The summed E-state index contributed by atoms with van der Waals surface area (Å²) in [7, 11) is 1.89. The van der Waals surface area contributed by atoms with Crippen LogP contribution in [0.25, 0.3) is 11.1 Å². The number of rotatable bonds is 4. The Hall–Kier alpha value is -2.12. The molecule has 1 spiro atoms. The van der Waals surface area contributed by atoms with Crippen molar-refractivity contribution in [3.63, 3.8) is 0 Å². The number of nitrogens with zero attached hydrogens (tertiary/aromatic N) is 1. The number of likely N-dealkylation sites (tertiary alicyclic amines) is 1. The first-order valence-electron chi connectivity index (χ1n) is 9.93. The van der Waals surface area contributed by atoms with Crippen LogP contribution in [0.15, 0.2) is 40.9 Å². The van der Waals surface area contributed by atoms with E-state index in [0.29, 0.717) is 15.6 Å². The molecule has 30 heavy (non-hydrogen) atoms. The number of benzene rings is 2. The fourth-order valence-electron chi connectivity index (χ4n) is 4.76. The number of esters is 1. The van der Waals surface area contributed by atoms with Crippen molar-refractivity contribution in [3.05, 3.63) is 57.6 Å². The molecule has 5 rings (SSSR count). The minimum atomic E-state index is -3.19. The molecule has 2 fully saturated rings. The van der Waals surface area contributed by atoms with Gasteiger partial charge in [0.15, 0.2) is 12.4 Å². The normalized spacial score (nSPS) is 22.6. The second-order valence-electron chi connectivity index (χ2n) is 8.69. The minimum absolute atomic E-state index is 0.0822. The van der Waals surface area contributed by atoms with Gasteiger partial charge < -0.3 is 4.74 Å². The third-order valence-corrected chi connectivity index (χ3v) is 7.10. The Kier molecular flexibility index (Phi) is 4.42. The van der Waals surface area contributed by atoms with E-state index in [-0.39, 0.29) is 28.1 Å². The standard InChI is InChI=1S/C23H20BrF2NO3/c1-27-12-22(6-7-22)10-19(27)21(29)30-11-20(28)13-2-4-15-16-5-3-14(24)9-18(16)23(25,26)17(15)8-13/h2-5,8-9,19H,6-7,10-12H2,1H3/t19-/m0/s1. The minimum Gasteiger partial charge on any atom is -0.456 e. The highest BCUT2D eigenvalue weighted by atomic mass is 79.9. The number of carbonyl (C=O) groups excluding carboxylic acids is 2. The molecule has 1 aliphatic heterocycles. The molecular formula is C23H20BrF2NO3. The lowest BCUT2D eigenvalue weighted by Gasteiger charge is -2.17. The van der Waals surface area contributed by atoms with Crippen LogP contribution in [0.1, 0.15) is 40.7 Å². The molecule has 3 aliphatic rings. The van der Waals surface area contributed by atoms with Crippen molar-refractivity contribution in [2.45, 2.75) is 31.2 Å². The molecule has 0 amide bonds. The van der Waals surface area contributed by atoms with Crippen molar-refractivity contribution in [1.82, 2.24) is 4.90 Å². The van der Waals surface area contributed by atoms with E-state index in [1.807, 2.05) is 11.9 Å². The van der Waals surface area contributed by atoms with E-state index in [1.54, 1.807) is 18.2 Å². The largest absolute Gasteiger partial charge is 0.456 e. The van der Waals surface area contributed by atoms with Crippen LogP contribution in [0.5, 0.6) is 0 Å². The molecule has 1 atom stereocenters. The number of hydrogen-bond acceptors (Lipinski definition) is 4. The van der Waals surface area contributed by atoms with Crippen LogP contribution in [-0.4, -0.2) is 42.9 Å². The second-order valence-corrected chi connectivity index (χ2v) is 9.61. The number of halogens is 3. The number of likely N-dealkylation sites (N-methyl/N-ethyl adjacent to an activating group) is 1. The highest BCUT2D eigenvalue weighted by molar-refractivity contribution is 9.10. The monoisotopic (exact) mass is 475 g/mol. The molecule has 2 aromatic carbocycles. The highest BCUT2D eigenvalue weighted by Gasteiger charge is 2.53. The number of ether oxygens (including phenoxy) is 1. The third-order valence-electron chi connectivity index (χ3n) is 6.61. The zero-order chi connectivity index (χ0) is 21.3. The summed E-state index contributed by atoms with van der Waals surface area (Å²) < 4.78 is 35.8. The Morgan fingerprint density at radius 1 is 1.13 bits per heavy atom. The number of ketones is 1. The molecule has 0 radical (unpaired) electrons. The van der Waals surface area contributed by atoms with Crippen molar-refractivity contribution in [2.75, 3.05) is 20.2 Å². The van der Waals surface area contributed by atoms with Gasteiger partial charge in [-0.25, -0.2) is 0 Å². The maximum Gasteiger partial charge on any atom is 0.323 e. The smallest absolute Gasteiger partial charge is 0.323 e. The first-order chi connectivity index (χ1) is 14.2. The van der Waals surface area contributed by atoms with Gasteiger partial charge in [0.1, 0.15) is 6.04 Å². The molecule has 0 bridgehead atoms. The Bertz CT molecular complexity index is 1080. The molecule has 156 valence electrons. The highest BCUT2D eigenvalue weighted by Crippen LogP contribution is 2.54. The Morgan fingerprint density at radius 3 is 2.47 bits per heavy atom. The summed E-state index contributed by atoms with van der Waals surface area (Å²) in [5, 5.41) is 0. The molecule has 2 aliphatic carbocycles. The molecule has 7 heteroatoms. The SMILES string of the molecule is CN1CC2(CC2)C[C@H]1C(=O)OCC(=O)c1ccc2c(c1)C(F)(F)c1cc(Br)ccc1-2. The van der Waals surface area contributed by atoms with Crippen molar-refractivity contribution >= 4 is 27.7 Å². The van der Waals surface area contributed by atoms with E-state index in [9.17, 15) is 18.4 Å². The summed E-state index contributed by atoms with van der Waals surface area (Å²) >= 11 is 3.24. The van der Waals surface area contributed by atoms with E-state index in [1.165, 1.54) is 18.2 Å². The lowest BCUT2D eigenvalue weighted by atomic mass is 10.0. The maximum atomic E-state index is 15.0. The van der Waals surface area contributed by atoms with Crippen LogP contribution in [0, 0.1) is 5.41 Å². The van der Waals surface area contributed by atoms with Crippen LogP contribution in [0.4, 0.5) is 8.78 Å². The molecule has 1 saturated heterocycles. The topological polar surface area (TPSA) is 46.6 Å². The molecule has 0 aromatic heterocycles. The number of carbonyl (C=O) groups is 2. The lowest BCUT2D eigenvalue weighted by Crippen LogP contribution is -2.35. The number of alkyl halides is 2. The van der Waals surface area contributed by atoms with Gasteiger partial charge >= 0.3 is 5.97 Å². The molecule has 1 saturated carbocycles. The molecule has 0 unspecified atom stereocenters. The predicted octanol–water partition coefficient (Wildman–Crippen LogP) is 4.78. The van der Waals surface area contributed by atoms with Crippen LogP contribution in [0.2, 0.25) is 0 Å². The van der Waals surface area contributed by atoms with Crippen molar-refractivity contribution in [3.8, 4) is 11.1 Å². The zero-order valence-corrected chi connectivity index (χ0v) is 18.0. The van der Waals surface area contributed by atoms with Crippen LogP contribution < -0.4 is 0 Å². The van der Waals surface area contributed by atoms with Crippen molar-refractivity contribution < 1.29 is 23.1 Å².